The topological polar surface area (TPSA) is 105 Å². The van der Waals surface area contributed by atoms with Gasteiger partial charge in [-0.05, 0) is 17.5 Å². The van der Waals surface area contributed by atoms with E-state index in [0.29, 0.717) is 17.1 Å². The fraction of sp³-hybridized carbons (Fsp3) is 0.118. The predicted octanol–water partition coefficient (Wildman–Crippen LogP) is 3.03. The van der Waals surface area contributed by atoms with Crippen molar-refractivity contribution in [3.63, 3.8) is 0 Å². The average Bonchev–Trinajstić information content (AvgIpc) is 3.37. The molecule has 3 aromatic heterocycles. The van der Waals surface area contributed by atoms with Crippen LogP contribution in [0.15, 0.2) is 48.0 Å². The summed E-state index contributed by atoms with van der Waals surface area (Å²) in [5.41, 5.74) is 1.70. The summed E-state index contributed by atoms with van der Waals surface area (Å²) in [4.78, 5) is 22.9. The number of aromatic nitrogens is 4. The molecule has 27 heavy (non-hydrogen) atoms. The molecule has 0 aliphatic rings. The Kier molecular flexibility index (Phi) is 4.16. The fourth-order valence-corrected chi connectivity index (χ4v) is 3.70. The Hall–Kier alpha value is -3.53. The van der Waals surface area contributed by atoms with Gasteiger partial charge in [-0.15, -0.1) is 16.4 Å². The third-order valence-corrected chi connectivity index (χ3v) is 4.95. The van der Waals surface area contributed by atoms with Gasteiger partial charge in [0.25, 0.3) is 5.69 Å². The number of esters is 1. The molecule has 0 unspecified atom stereocenters. The van der Waals surface area contributed by atoms with Crippen LogP contribution in [0.25, 0.3) is 16.0 Å². The number of nitro groups is 1. The smallest absolute Gasteiger partial charge is 0.355 e. The van der Waals surface area contributed by atoms with Crippen LogP contribution in [0.1, 0.15) is 16.1 Å². The molecule has 0 spiro atoms. The fourth-order valence-electron chi connectivity index (χ4n) is 2.89. The molecule has 0 fully saturated rings. The number of rotatable bonds is 5. The van der Waals surface area contributed by atoms with Crippen LogP contribution in [0.5, 0.6) is 0 Å². The Morgan fingerprint density at radius 2 is 2.15 bits per heavy atom. The zero-order valence-electron chi connectivity index (χ0n) is 14.1. The van der Waals surface area contributed by atoms with Crippen molar-refractivity contribution in [1.29, 1.82) is 0 Å². The van der Waals surface area contributed by atoms with Crippen molar-refractivity contribution in [2.75, 3.05) is 7.11 Å². The molecular weight excluding hydrogens is 370 g/mol. The van der Waals surface area contributed by atoms with E-state index in [1.165, 1.54) is 29.2 Å². The molecule has 0 atom stereocenters. The number of ether oxygens (including phenoxy) is 1. The molecule has 0 saturated heterocycles. The maximum absolute atomic E-state index is 12.1. The van der Waals surface area contributed by atoms with Crippen molar-refractivity contribution >= 4 is 33.2 Å². The lowest BCUT2D eigenvalue weighted by molar-refractivity contribution is -0.385. The van der Waals surface area contributed by atoms with Gasteiger partial charge in [0.2, 0.25) is 0 Å². The molecule has 9 nitrogen and oxygen atoms in total. The summed E-state index contributed by atoms with van der Waals surface area (Å²) in [6, 6.07) is 10.1. The molecule has 10 heteroatoms. The number of para-hydroxylation sites is 1. The Morgan fingerprint density at radius 1 is 1.33 bits per heavy atom. The minimum atomic E-state index is -0.480. The van der Waals surface area contributed by atoms with Gasteiger partial charge in [-0.2, -0.15) is 0 Å². The maximum atomic E-state index is 12.1. The van der Waals surface area contributed by atoms with Gasteiger partial charge in [-0.25, -0.2) is 9.48 Å². The summed E-state index contributed by atoms with van der Waals surface area (Å²) < 4.78 is 8.94. The van der Waals surface area contributed by atoms with Crippen LogP contribution in [-0.2, 0) is 11.3 Å². The third kappa shape index (κ3) is 2.95. The molecule has 0 aliphatic heterocycles. The monoisotopic (exact) mass is 383 g/mol. The highest BCUT2D eigenvalue weighted by Crippen LogP contribution is 2.28. The number of hydrogen-bond acceptors (Lipinski definition) is 7. The first-order valence-electron chi connectivity index (χ1n) is 7.88. The van der Waals surface area contributed by atoms with Crippen molar-refractivity contribution in [3.8, 4) is 5.82 Å². The Labute approximate surface area is 156 Å². The van der Waals surface area contributed by atoms with Crippen LogP contribution in [-0.4, -0.2) is 37.6 Å². The van der Waals surface area contributed by atoms with E-state index in [1.54, 1.807) is 35.0 Å². The van der Waals surface area contributed by atoms with Crippen LogP contribution < -0.4 is 0 Å². The summed E-state index contributed by atoms with van der Waals surface area (Å²) in [6.07, 6.45) is 1.64. The van der Waals surface area contributed by atoms with E-state index < -0.39 is 10.9 Å². The number of nitrogens with zero attached hydrogens (tertiary/aromatic N) is 5. The molecule has 0 N–H and O–H groups in total. The summed E-state index contributed by atoms with van der Waals surface area (Å²) in [5, 5.41) is 21.3. The minimum Gasteiger partial charge on any atom is -0.464 e. The molecule has 0 radical (unpaired) electrons. The van der Waals surface area contributed by atoms with Gasteiger partial charge >= 0.3 is 5.97 Å². The van der Waals surface area contributed by atoms with E-state index in [-0.39, 0.29) is 12.2 Å². The van der Waals surface area contributed by atoms with E-state index in [9.17, 15) is 14.9 Å². The third-order valence-electron chi connectivity index (χ3n) is 4.09. The van der Waals surface area contributed by atoms with E-state index in [1.807, 2.05) is 11.4 Å². The predicted molar refractivity (Wildman–Crippen MR) is 98.3 cm³/mol. The van der Waals surface area contributed by atoms with E-state index in [4.69, 9.17) is 4.74 Å². The van der Waals surface area contributed by atoms with Gasteiger partial charge in [0, 0.05) is 6.07 Å². The number of methoxy groups -OCH3 is 1. The zero-order chi connectivity index (χ0) is 19.0. The quantitative estimate of drug-likeness (QED) is 0.298. The van der Waals surface area contributed by atoms with Crippen molar-refractivity contribution in [3.05, 3.63) is 69.3 Å². The number of hydrogen-bond donors (Lipinski definition) is 0. The number of carbonyl (C=O) groups excluding carboxylic acids is 1. The average molecular weight is 383 g/mol. The van der Waals surface area contributed by atoms with Gasteiger partial charge in [0.1, 0.15) is 5.69 Å². The first-order chi connectivity index (χ1) is 13.1. The van der Waals surface area contributed by atoms with Crippen molar-refractivity contribution in [1.82, 2.24) is 19.6 Å². The number of carbonyl (C=O) groups is 1. The molecule has 1 aromatic carbocycles. The normalized spacial score (nSPS) is 11.0. The number of fused-ring (bicyclic) bond motifs is 1. The lowest BCUT2D eigenvalue weighted by Crippen LogP contribution is -2.09. The van der Waals surface area contributed by atoms with Crippen molar-refractivity contribution in [2.24, 2.45) is 0 Å². The SMILES string of the molecule is COC(=O)c1cc2sccc2n1-c1cn(Cc2ccccc2[N+](=O)[O-])nn1. The molecule has 3 heterocycles. The van der Waals surface area contributed by atoms with E-state index in [2.05, 4.69) is 10.3 Å². The highest BCUT2D eigenvalue weighted by molar-refractivity contribution is 7.17. The second-order valence-electron chi connectivity index (χ2n) is 5.69. The van der Waals surface area contributed by atoms with Gasteiger partial charge in [-0.3, -0.25) is 14.7 Å². The van der Waals surface area contributed by atoms with Gasteiger partial charge in [0.15, 0.2) is 5.82 Å². The lowest BCUT2D eigenvalue weighted by atomic mass is 10.2. The van der Waals surface area contributed by atoms with Crippen LogP contribution in [0, 0.1) is 10.1 Å². The number of nitro benzene ring substituents is 1. The highest BCUT2D eigenvalue weighted by atomic mass is 32.1. The molecule has 136 valence electrons. The van der Waals surface area contributed by atoms with Gasteiger partial charge in [0.05, 0.1) is 40.6 Å². The Bertz CT molecular complexity index is 1160. The van der Waals surface area contributed by atoms with Gasteiger partial charge in [-0.1, -0.05) is 23.4 Å². The molecule has 0 bridgehead atoms. The molecule has 0 aliphatic carbocycles. The molecule has 0 saturated carbocycles. The Morgan fingerprint density at radius 3 is 2.93 bits per heavy atom. The lowest BCUT2D eigenvalue weighted by Gasteiger charge is -2.04. The summed E-state index contributed by atoms with van der Waals surface area (Å²) >= 11 is 1.50. The molecule has 0 amide bonds. The Balaban J connectivity index is 1.74. The summed E-state index contributed by atoms with van der Waals surface area (Å²) in [5.74, 6) is -0.0472. The second-order valence-corrected chi connectivity index (χ2v) is 6.63. The van der Waals surface area contributed by atoms with Crippen LogP contribution in [0.3, 0.4) is 0 Å². The summed E-state index contributed by atoms with van der Waals surface area (Å²) in [6.45, 7) is 0.186. The first-order valence-corrected chi connectivity index (χ1v) is 8.76. The van der Waals surface area contributed by atoms with Crippen molar-refractivity contribution < 1.29 is 14.5 Å². The van der Waals surface area contributed by atoms with E-state index >= 15 is 0 Å². The summed E-state index contributed by atoms with van der Waals surface area (Å²) in [7, 11) is 1.32. The highest BCUT2D eigenvalue weighted by Gasteiger charge is 2.20. The zero-order valence-corrected chi connectivity index (χ0v) is 14.9. The second kappa shape index (κ2) is 6.65. The molecule has 4 rings (SSSR count). The number of thiophene rings is 1. The first kappa shape index (κ1) is 16.9. The van der Waals surface area contributed by atoms with Crippen LogP contribution >= 0.6 is 11.3 Å². The molecular formula is C17H13N5O4S. The van der Waals surface area contributed by atoms with Crippen molar-refractivity contribution in [2.45, 2.75) is 6.54 Å². The van der Waals surface area contributed by atoms with Gasteiger partial charge < -0.3 is 4.74 Å². The van der Waals surface area contributed by atoms with Crippen LogP contribution in [0.4, 0.5) is 5.69 Å². The standard InChI is InChI=1S/C17H13N5O4S/c1-26-17(23)14-8-15-13(6-7-27-15)21(14)16-10-20(19-18-16)9-11-4-2-3-5-12(11)22(24)25/h2-8,10H,9H2,1H3. The largest absolute Gasteiger partial charge is 0.464 e. The molecule has 4 aromatic rings. The van der Waals surface area contributed by atoms with Crippen LogP contribution in [0.2, 0.25) is 0 Å². The van der Waals surface area contributed by atoms with E-state index in [0.717, 1.165) is 10.2 Å². The maximum Gasteiger partial charge on any atom is 0.355 e. The number of benzene rings is 1. The minimum absolute atomic E-state index is 0.0194.